The first-order valence-corrected chi connectivity index (χ1v) is 6.65. The van der Waals surface area contributed by atoms with E-state index in [-0.39, 0.29) is 0 Å². The first-order valence-electron chi connectivity index (χ1n) is 6.65. The Morgan fingerprint density at radius 3 is 2.53 bits per heavy atom. The van der Waals surface area contributed by atoms with Crippen LogP contribution >= 0.6 is 0 Å². The van der Waals surface area contributed by atoms with Crippen molar-refractivity contribution < 1.29 is 14.8 Å². The standard InChI is InChI=1S/C14H24BNO3/c1-11(2)7-8-16(3)10-12-9-13(19-4)5-6-14(12)15(17)18/h5-6,9,11,17-18H,7-8,10H2,1-4H3. The highest BCUT2D eigenvalue weighted by atomic mass is 16.5. The highest BCUT2D eigenvalue weighted by Crippen LogP contribution is 2.13. The maximum atomic E-state index is 9.40. The molecule has 106 valence electrons. The molecule has 0 saturated heterocycles. The molecule has 0 saturated carbocycles. The van der Waals surface area contributed by atoms with E-state index in [0.717, 1.165) is 24.3 Å². The second kappa shape index (κ2) is 7.53. The van der Waals surface area contributed by atoms with E-state index in [9.17, 15) is 10.0 Å². The molecule has 0 aliphatic heterocycles. The van der Waals surface area contributed by atoms with Gasteiger partial charge in [0.05, 0.1) is 7.11 Å². The Labute approximate surface area is 116 Å². The highest BCUT2D eigenvalue weighted by Gasteiger charge is 2.17. The van der Waals surface area contributed by atoms with Crippen LogP contribution in [0.1, 0.15) is 25.8 Å². The van der Waals surface area contributed by atoms with Gasteiger partial charge in [0, 0.05) is 6.54 Å². The lowest BCUT2D eigenvalue weighted by Gasteiger charge is -2.20. The third-order valence-electron chi connectivity index (χ3n) is 3.16. The van der Waals surface area contributed by atoms with Crippen molar-refractivity contribution >= 4 is 12.6 Å². The highest BCUT2D eigenvalue weighted by molar-refractivity contribution is 6.59. The summed E-state index contributed by atoms with van der Waals surface area (Å²) in [6.07, 6.45) is 1.12. The molecule has 1 rings (SSSR count). The van der Waals surface area contributed by atoms with Gasteiger partial charge in [0.15, 0.2) is 0 Å². The molecule has 0 heterocycles. The molecule has 0 unspecified atom stereocenters. The van der Waals surface area contributed by atoms with Gasteiger partial charge in [0.25, 0.3) is 0 Å². The van der Waals surface area contributed by atoms with Crippen molar-refractivity contribution in [1.29, 1.82) is 0 Å². The van der Waals surface area contributed by atoms with Crippen LogP contribution in [0.25, 0.3) is 0 Å². The Hall–Kier alpha value is -1.04. The predicted octanol–water partition coefficient (Wildman–Crippen LogP) is 0.853. The van der Waals surface area contributed by atoms with Gasteiger partial charge in [-0.05, 0) is 49.1 Å². The minimum atomic E-state index is -1.44. The lowest BCUT2D eigenvalue weighted by molar-refractivity contribution is 0.303. The summed E-state index contributed by atoms with van der Waals surface area (Å²) < 4.78 is 5.19. The van der Waals surface area contributed by atoms with Gasteiger partial charge in [0.1, 0.15) is 5.75 Å². The van der Waals surface area contributed by atoms with Crippen LogP contribution in [0.5, 0.6) is 5.75 Å². The van der Waals surface area contributed by atoms with Crippen LogP contribution in [0.4, 0.5) is 0 Å². The van der Waals surface area contributed by atoms with Gasteiger partial charge in [0.2, 0.25) is 0 Å². The predicted molar refractivity (Wildman–Crippen MR) is 78.6 cm³/mol. The quantitative estimate of drug-likeness (QED) is 0.718. The molecule has 0 bridgehead atoms. The third kappa shape index (κ3) is 5.23. The van der Waals surface area contributed by atoms with Gasteiger partial charge in [-0.25, -0.2) is 0 Å². The summed E-state index contributed by atoms with van der Waals surface area (Å²) in [5, 5.41) is 18.8. The molecule has 0 fully saturated rings. The van der Waals surface area contributed by atoms with Crippen LogP contribution in [0.2, 0.25) is 0 Å². The number of rotatable bonds is 7. The number of hydrogen-bond donors (Lipinski definition) is 2. The van der Waals surface area contributed by atoms with E-state index in [1.165, 1.54) is 0 Å². The zero-order valence-electron chi connectivity index (χ0n) is 12.3. The van der Waals surface area contributed by atoms with Crippen LogP contribution in [-0.2, 0) is 6.54 Å². The molecule has 0 aliphatic carbocycles. The van der Waals surface area contributed by atoms with Crippen molar-refractivity contribution in [2.24, 2.45) is 5.92 Å². The van der Waals surface area contributed by atoms with Crippen molar-refractivity contribution in [2.75, 3.05) is 20.7 Å². The van der Waals surface area contributed by atoms with E-state index >= 15 is 0 Å². The zero-order valence-corrected chi connectivity index (χ0v) is 12.3. The summed E-state index contributed by atoms with van der Waals surface area (Å²) in [7, 11) is 2.20. The Morgan fingerprint density at radius 2 is 2.00 bits per heavy atom. The zero-order chi connectivity index (χ0) is 14.4. The fourth-order valence-corrected chi connectivity index (χ4v) is 1.95. The molecule has 1 aromatic carbocycles. The summed E-state index contributed by atoms with van der Waals surface area (Å²) in [6, 6.07) is 5.31. The Morgan fingerprint density at radius 1 is 1.32 bits per heavy atom. The Kier molecular flexibility index (Phi) is 6.35. The molecular formula is C14H24BNO3. The van der Waals surface area contributed by atoms with Gasteiger partial charge >= 0.3 is 7.12 Å². The molecule has 5 heteroatoms. The Bertz CT molecular complexity index is 396. The fraction of sp³-hybridized carbons (Fsp3) is 0.571. The van der Waals surface area contributed by atoms with E-state index in [4.69, 9.17) is 4.74 Å². The minimum Gasteiger partial charge on any atom is -0.497 e. The maximum Gasteiger partial charge on any atom is 0.488 e. The topological polar surface area (TPSA) is 52.9 Å². The minimum absolute atomic E-state index is 0.539. The first-order chi connectivity index (χ1) is 8.93. The van der Waals surface area contributed by atoms with Crippen molar-refractivity contribution in [2.45, 2.75) is 26.8 Å². The molecule has 4 nitrogen and oxygen atoms in total. The number of ether oxygens (including phenoxy) is 1. The molecule has 0 aliphatic rings. The molecule has 0 aromatic heterocycles. The normalized spacial score (nSPS) is 11.2. The molecule has 0 radical (unpaired) electrons. The number of nitrogens with zero attached hydrogens (tertiary/aromatic N) is 1. The van der Waals surface area contributed by atoms with Crippen molar-refractivity contribution in [1.82, 2.24) is 4.90 Å². The second-order valence-electron chi connectivity index (χ2n) is 5.36. The summed E-state index contributed by atoms with van der Waals surface area (Å²) in [4.78, 5) is 2.18. The lowest BCUT2D eigenvalue weighted by atomic mass is 9.77. The third-order valence-corrected chi connectivity index (χ3v) is 3.16. The van der Waals surface area contributed by atoms with Crippen molar-refractivity contribution in [3.63, 3.8) is 0 Å². The van der Waals surface area contributed by atoms with Crippen LogP contribution < -0.4 is 10.2 Å². The second-order valence-corrected chi connectivity index (χ2v) is 5.36. The molecule has 2 N–H and O–H groups in total. The average molecular weight is 265 g/mol. The van der Waals surface area contributed by atoms with E-state index in [1.54, 1.807) is 19.2 Å². The van der Waals surface area contributed by atoms with E-state index in [0.29, 0.717) is 17.9 Å². The first kappa shape index (κ1) is 16.0. The average Bonchev–Trinajstić information content (AvgIpc) is 2.35. The molecule has 0 amide bonds. The van der Waals surface area contributed by atoms with Crippen LogP contribution in [0.3, 0.4) is 0 Å². The van der Waals surface area contributed by atoms with Crippen molar-refractivity contribution in [3.8, 4) is 5.75 Å². The largest absolute Gasteiger partial charge is 0.497 e. The maximum absolute atomic E-state index is 9.40. The van der Waals surface area contributed by atoms with E-state index in [2.05, 4.69) is 18.7 Å². The van der Waals surface area contributed by atoms with Gasteiger partial charge < -0.3 is 19.7 Å². The Balaban J connectivity index is 2.79. The summed E-state index contributed by atoms with van der Waals surface area (Å²) in [5.74, 6) is 1.40. The van der Waals surface area contributed by atoms with E-state index < -0.39 is 7.12 Å². The molecule has 0 spiro atoms. The van der Waals surface area contributed by atoms with Crippen LogP contribution in [0.15, 0.2) is 18.2 Å². The summed E-state index contributed by atoms with van der Waals surface area (Å²) >= 11 is 0. The molecule has 19 heavy (non-hydrogen) atoms. The van der Waals surface area contributed by atoms with Gasteiger partial charge in [-0.2, -0.15) is 0 Å². The van der Waals surface area contributed by atoms with Gasteiger partial charge in [-0.15, -0.1) is 0 Å². The van der Waals surface area contributed by atoms with Crippen LogP contribution in [0, 0.1) is 5.92 Å². The summed E-state index contributed by atoms with van der Waals surface area (Å²) in [6.45, 7) is 6.05. The van der Waals surface area contributed by atoms with Crippen LogP contribution in [-0.4, -0.2) is 42.8 Å². The smallest absolute Gasteiger partial charge is 0.488 e. The molecular weight excluding hydrogens is 241 g/mol. The lowest BCUT2D eigenvalue weighted by Crippen LogP contribution is -2.35. The number of methoxy groups -OCH3 is 1. The molecule has 1 aromatic rings. The monoisotopic (exact) mass is 265 g/mol. The van der Waals surface area contributed by atoms with Gasteiger partial charge in [-0.1, -0.05) is 19.9 Å². The van der Waals surface area contributed by atoms with Crippen molar-refractivity contribution in [3.05, 3.63) is 23.8 Å². The van der Waals surface area contributed by atoms with Gasteiger partial charge in [-0.3, -0.25) is 0 Å². The number of benzene rings is 1. The van der Waals surface area contributed by atoms with E-state index in [1.807, 2.05) is 13.1 Å². The fourth-order valence-electron chi connectivity index (χ4n) is 1.95. The number of hydrogen-bond acceptors (Lipinski definition) is 4. The molecule has 0 atom stereocenters. The SMILES string of the molecule is COc1ccc(B(O)O)c(CN(C)CCC(C)C)c1. The summed E-state index contributed by atoms with van der Waals surface area (Å²) in [5.41, 5.74) is 1.43.